The van der Waals surface area contributed by atoms with Gasteiger partial charge in [-0.05, 0) is 97.2 Å². The summed E-state index contributed by atoms with van der Waals surface area (Å²) < 4.78 is 9.07. The average molecular weight is 767 g/mol. The summed E-state index contributed by atoms with van der Waals surface area (Å²) >= 11 is 0. The highest BCUT2D eigenvalue weighted by Crippen LogP contribution is 2.41. The van der Waals surface area contributed by atoms with Crippen molar-refractivity contribution >= 4 is 98.5 Å². The van der Waals surface area contributed by atoms with Crippen LogP contribution < -0.4 is 5.32 Å². The summed E-state index contributed by atoms with van der Waals surface area (Å²) in [5.41, 5.74) is 7.83. The van der Waals surface area contributed by atoms with Crippen molar-refractivity contribution in [3.8, 4) is 5.69 Å². The second-order valence-electron chi connectivity index (χ2n) is 15.8. The Morgan fingerprint density at radius 1 is 0.433 bits per heavy atom. The molecule has 10 aromatic carbocycles. The minimum atomic E-state index is -0.408. The molecule has 0 bridgehead atoms. The standard InChI is InChI=1S/C55H34N4O/c1-2-13-34(14-3-1)53-56-54(40-24-25-42-39(26-40)23-22-33-12-8-9-19-41(33)42)58-55(57-53)47-32-52-46(43-20-10-11-21-51(43)60-52)31-50(47)59-48-29-37-17-6-4-15-35(37)27-44(48)45-28-36-16-5-7-18-38(36)30-49(45)59/h1-32,54H,(H,56,57,58). The zero-order valence-corrected chi connectivity index (χ0v) is 32.3. The Kier molecular flexibility index (Phi) is 7.01. The van der Waals surface area contributed by atoms with Crippen molar-refractivity contribution in [3.63, 3.8) is 0 Å². The molecule has 1 unspecified atom stereocenters. The number of hydrogen-bond acceptors (Lipinski definition) is 4. The van der Waals surface area contributed by atoms with Gasteiger partial charge in [-0.25, -0.2) is 9.98 Å². The summed E-state index contributed by atoms with van der Waals surface area (Å²) in [5, 5.41) is 18.0. The third-order valence-corrected chi connectivity index (χ3v) is 12.4. The van der Waals surface area contributed by atoms with E-state index in [2.05, 4.69) is 174 Å². The number of aliphatic imine (C=N–C) groups is 2. The molecule has 1 aliphatic heterocycles. The number of nitrogens with zero attached hydrogens (tertiary/aromatic N) is 3. The maximum Gasteiger partial charge on any atom is 0.159 e. The first-order valence-corrected chi connectivity index (χ1v) is 20.4. The van der Waals surface area contributed by atoms with Gasteiger partial charge in [-0.3, -0.25) is 0 Å². The van der Waals surface area contributed by atoms with Crippen LogP contribution in [0.3, 0.4) is 0 Å². The van der Waals surface area contributed by atoms with Crippen LogP contribution in [0, 0.1) is 0 Å². The lowest BCUT2D eigenvalue weighted by atomic mass is 9.99. The maximum absolute atomic E-state index is 6.63. The zero-order chi connectivity index (χ0) is 39.3. The van der Waals surface area contributed by atoms with Gasteiger partial charge in [0.2, 0.25) is 0 Å². The van der Waals surface area contributed by atoms with Gasteiger partial charge in [0.25, 0.3) is 0 Å². The van der Waals surface area contributed by atoms with E-state index in [1.807, 2.05) is 30.3 Å². The van der Waals surface area contributed by atoms with Crippen molar-refractivity contribution in [2.24, 2.45) is 9.98 Å². The fraction of sp³-hybridized carbons (Fsp3) is 0.0182. The monoisotopic (exact) mass is 766 g/mol. The first-order chi connectivity index (χ1) is 29.7. The lowest BCUT2D eigenvalue weighted by Gasteiger charge is -2.25. The predicted octanol–water partition coefficient (Wildman–Crippen LogP) is 13.8. The number of nitrogens with one attached hydrogen (secondary N) is 1. The van der Waals surface area contributed by atoms with Gasteiger partial charge in [-0.1, -0.05) is 146 Å². The molecule has 0 saturated carbocycles. The molecule has 1 atom stereocenters. The van der Waals surface area contributed by atoms with E-state index < -0.39 is 6.17 Å². The van der Waals surface area contributed by atoms with Gasteiger partial charge in [0.05, 0.1) is 16.7 Å². The van der Waals surface area contributed by atoms with Crippen LogP contribution in [0.25, 0.3) is 92.5 Å². The number of para-hydroxylation sites is 1. The molecule has 3 heterocycles. The topological polar surface area (TPSA) is 54.8 Å². The van der Waals surface area contributed by atoms with Crippen LogP contribution in [0.5, 0.6) is 0 Å². The van der Waals surface area contributed by atoms with Crippen LogP contribution in [0.4, 0.5) is 0 Å². The molecule has 0 radical (unpaired) electrons. The van der Waals surface area contributed by atoms with Gasteiger partial charge < -0.3 is 14.3 Å². The van der Waals surface area contributed by atoms with Crippen molar-refractivity contribution < 1.29 is 4.42 Å². The number of aromatic nitrogens is 1. The molecule has 13 rings (SSSR count). The largest absolute Gasteiger partial charge is 0.456 e. The Morgan fingerprint density at radius 2 is 1.03 bits per heavy atom. The van der Waals surface area contributed by atoms with Gasteiger partial charge in [-0.15, -0.1) is 0 Å². The Morgan fingerprint density at radius 3 is 1.77 bits per heavy atom. The van der Waals surface area contributed by atoms with Crippen LogP contribution in [-0.4, -0.2) is 16.2 Å². The second kappa shape index (κ2) is 12.7. The molecule has 0 spiro atoms. The van der Waals surface area contributed by atoms with E-state index >= 15 is 0 Å². The van der Waals surface area contributed by atoms with Crippen LogP contribution >= 0.6 is 0 Å². The van der Waals surface area contributed by atoms with Gasteiger partial charge in [0.1, 0.15) is 23.2 Å². The van der Waals surface area contributed by atoms with Crippen molar-refractivity contribution in [1.29, 1.82) is 0 Å². The van der Waals surface area contributed by atoms with Crippen molar-refractivity contribution in [2.75, 3.05) is 0 Å². The first-order valence-electron chi connectivity index (χ1n) is 20.4. The van der Waals surface area contributed by atoms with Crippen LogP contribution in [0.2, 0.25) is 0 Å². The Labute approximate surface area is 344 Å². The molecule has 0 saturated heterocycles. The highest BCUT2D eigenvalue weighted by Gasteiger charge is 2.27. The molecule has 1 aliphatic rings. The number of fused-ring (bicyclic) bond motifs is 11. The number of rotatable bonds is 4. The zero-order valence-electron chi connectivity index (χ0n) is 32.3. The minimum absolute atomic E-state index is 0.408. The van der Waals surface area contributed by atoms with E-state index in [1.165, 1.54) is 53.9 Å². The summed E-state index contributed by atoms with van der Waals surface area (Å²) in [4.78, 5) is 10.7. The molecule has 2 aromatic heterocycles. The van der Waals surface area contributed by atoms with Crippen LogP contribution in [0.15, 0.2) is 209 Å². The van der Waals surface area contributed by atoms with E-state index in [0.29, 0.717) is 5.84 Å². The van der Waals surface area contributed by atoms with Crippen molar-refractivity contribution in [3.05, 3.63) is 211 Å². The normalized spacial score (nSPS) is 14.5. The molecule has 1 N–H and O–H groups in total. The molecule has 60 heavy (non-hydrogen) atoms. The molecule has 0 fully saturated rings. The van der Waals surface area contributed by atoms with Crippen LogP contribution in [0.1, 0.15) is 22.9 Å². The predicted molar refractivity (Wildman–Crippen MR) is 250 cm³/mol. The summed E-state index contributed by atoms with van der Waals surface area (Å²) in [6.45, 7) is 0. The summed E-state index contributed by atoms with van der Waals surface area (Å²) in [7, 11) is 0. The fourth-order valence-electron chi connectivity index (χ4n) is 9.46. The van der Waals surface area contributed by atoms with E-state index in [-0.39, 0.29) is 0 Å². The van der Waals surface area contributed by atoms with E-state index in [9.17, 15) is 0 Å². The first kappa shape index (κ1) is 33.0. The van der Waals surface area contributed by atoms with E-state index in [4.69, 9.17) is 14.4 Å². The Hall–Kier alpha value is -8.02. The molecule has 280 valence electrons. The van der Waals surface area contributed by atoms with Crippen molar-refractivity contribution in [1.82, 2.24) is 9.88 Å². The summed E-state index contributed by atoms with van der Waals surface area (Å²) in [6, 6.07) is 69.4. The highest BCUT2D eigenvalue weighted by atomic mass is 16.3. The smallest absolute Gasteiger partial charge is 0.159 e. The molecule has 5 heteroatoms. The SMILES string of the molecule is c1ccc(C2=NC(c3ccc4c(ccc5ccccc54)c3)NC(c3cc4oc5ccccc5c4cc3-n3c4cc5ccccc5cc4c4cc5ccccc5cc43)=N2)cc1. The fourth-order valence-corrected chi connectivity index (χ4v) is 9.46. The lowest BCUT2D eigenvalue weighted by molar-refractivity contribution is 0.666. The second-order valence-corrected chi connectivity index (χ2v) is 15.8. The van der Waals surface area contributed by atoms with Gasteiger partial charge >= 0.3 is 0 Å². The molecule has 5 nitrogen and oxygen atoms in total. The number of amidine groups is 2. The van der Waals surface area contributed by atoms with Gasteiger partial charge in [0.15, 0.2) is 5.84 Å². The Bertz CT molecular complexity index is 3720. The maximum atomic E-state index is 6.63. The van der Waals surface area contributed by atoms with E-state index in [0.717, 1.165) is 61.2 Å². The Balaban J connectivity index is 1.10. The van der Waals surface area contributed by atoms with E-state index in [1.54, 1.807) is 0 Å². The third kappa shape index (κ3) is 5.06. The van der Waals surface area contributed by atoms with Gasteiger partial charge in [-0.2, -0.15) is 0 Å². The van der Waals surface area contributed by atoms with Crippen molar-refractivity contribution in [2.45, 2.75) is 6.17 Å². The van der Waals surface area contributed by atoms with Gasteiger partial charge in [0, 0.05) is 32.7 Å². The number of hydrogen-bond donors (Lipinski definition) is 1. The summed E-state index contributed by atoms with van der Waals surface area (Å²) in [6.07, 6.45) is -0.408. The van der Waals surface area contributed by atoms with Crippen LogP contribution in [-0.2, 0) is 0 Å². The minimum Gasteiger partial charge on any atom is -0.456 e. The number of benzene rings is 10. The number of furan rings is 1. The molecular formula is C55H34N4O. The summed E-state index contributed by atoms with van der Waals surface area (Å²) in [5.74, 6) is 1.39. The molecule has 12 aromatic rings. The quantitative estimate of drug-likeness (QED) is 0.181. The molecule has 0 aliphatic carbocycles. The molecule has 0 amide bonds. The molecular weight excluding hydrogens is 733 g/mol. The highest BCUT2D eigenvalue weighted by molar-refractivity contribution is 6.20. The lowest BCUT2D eigenvalue weighted by Crippen LogP contribution is -2.34. The average Bonchev–Trinajstić information content (AvgIpc) is 3.83. The third-order valence-electron chi connectivity index (χ3n) is 12.4.